The van der Waals surface area contributed by atoms with Crippen LogP contribution in [0.25, 0.3) is 0 Å². The summed E-state index contributed by atoms with van der Waals surface area (Å²) < 4.78 is 0. The molecule has 13 heavy (non-hydrogen) atoms. The molecule has 0 heterocycles. The quantitative estimate of drug-likeness (QED) is 0.596. The van der Waals surface area contributed by atoms with Gasteiger partial charge in [-0.05, 0) is 11.1 Å². The molecule has 0 amide bonds. The van der Waals surface area contributed by atoms with E-state index in [1.807, 2.05) is 0 Å². The summed E-state index contributed by atoms with van der Waals surface area (Å²) in [4.78, 5) is 0. The summed E-state index contributed by atoms with van der Waals surface area (Å²) in [6.07, 6.45) is 12.7. The molecule has 2 saturated carbocycles. The molecule has 0 aromatic heterocycles. The summed E-state index contributed by atoms with van der Waals surface area (Å²) in [5.41, 5.74) is 2.51. The summed E-state index contributed by atoms with van der Waals surface area (Å²) in [7, 11) is -0.318. The van der Waals surface area contributed by atoms with Gasteiger partial charge in [-0.25, -0.2) is 0 Å². The van der Waals surface area contributed by atoms with E-state index in [2.05, 4.69) is 6.92 Å². The highest BCUT2D eigenvalue weighted by Gasteiger charge is 2.32. The van der Waals surface area contributed by atoms with Gasteiger partial charge in [0, 0.05) is 8.80 Å². The number of hydrogen-bond acceptors (Lipinski definition) is 0. The lowest BCUT2D eigenvalue weighted by molar-refractivity contribution is 0.766. The minimum atomic E-state index is -0.318. The van der Waals surface area contributed by atoms with E-state index in [9.17, 15) is 0 Å². The Bertz CT molecular complexity index is 127. The van der Waals surface area contributed by atoms with Crippen molar-refractivity contribution in [1.82, 2.24) is 0 Å². The minimum Gasteiger partial charge on any atom is -0.0680 e. The average molecular weight is 196 g/mol. The molecule has 0 nitrogen and oxygen atoms in total. The third-order valence-electron chi connectivity index (χ3n) is 4.48. The zero-order valence-corrected chi connectivity index (χ0v) is 10.3. The van der Waals surface area contributed by atoms with Crippen molar-refractivity contribution >= 4 is 8.80 Å². The molecular formula is C12H24Si. The van der Waals surface area contributed by atoms with Crippen LogP contribution in [0.3, 0.4) is 0 Å². The van der Waals surface area contributed by atoms with Crippen molar-refractivity contribution in [3.05, 3.63) is 0 Å². The van der Waals surface area contributed by atoms with E-state index >= 15 is 0 Å². The number of rotatable bonds is 3. The van der Waals surface area contributed by atoms with Crippen molar-refractivity contribution in [2.45, 2.75) is 75.4 Å². The molecule has 0 unspecified atom stereocenters. The second kappa shape index (κ2) is 4.63. The van der Waals surface area contributed by atoms with Crippen molar-refractivity contribution in [2.24, 2.45) is 0 Å². The third kappa shape index (κ3) is 2.17. The van der Waals surface area contributed by atoms with Gasteiger partial charge in [-0.3, -0.25) is 0 Å². The SMILES string of the molecule is CC[SiH](C1CCCC1)C1CCCC1. The molecule has 0 atom stereocenters. The maximum atomic E-state index is 2.48. The van der Waals surface area contributed by atoms with Crippen LogP contribution in [-0.2, 0) is 0 Å². The maximum Gasteiger partial charge on any atom is 0.0427 e. The first-order valence-corrected chi connectivity index (χ1v) is 8.56. The van der Waals surface area contributed by atoms with E-state index in [-0.39, 0.29) is 8.80 Å². The molecule has 0 N–H and O–H groups in total. The smallest absolute Gasteiger partial charge is 0.0427 e. The van der Waals surface area contributed by atoms with E-state index in [1.165, 1.54) is 11.1 Å². The molecular weight excluding hydrogens is 172 g/mol. The first-order valence-electron chi connectivity index (χ1n) is 6.42. The van der Waals surface area contributed by atoms with Gasteiger partial charge < -0.3 is 0 Å². The highest BCUT2D eigenvalue weighted by molar-refractivity contribution is 6.62. The normalized spacial score (nSPS) is 26.3. The second-order valence-corrected chi connectivity index (χ2v) is 9.19. The summed E-state index contributed by atoms with van der Waals surface area (Å²) in [5, 5.41) is 0. The van der Waals surface area contributed by atoms with Gasteiger partial charge in [0.1, 0.15) is 0 Å². The Morgan fingerprint density at radius 1 is 0.846 bits per heavy atom. The van der Waals surface area contributed by atoms with E-state index in [1.54, 1.807) is 57.4 Å². The predicted octanol–water partition coefficient (Wildman–Crippen LogP) is 4.12. The van der Waals surface area contributed by atoms with Crippen molar-refractivity contribution in [2.75, 3.05) is 0 Å². The molecule has 2 aliphatic carbocycles. The lowest BCUT2D eigenvalue weighted by Crippen LogP contribution is -2.23. The highest BCUT2D eigenvalue weighted by Crippen LogP contribution is 2.44. The lowest BCUT2D eigenvalue weighted by atomic mass is 10.3. The van der Waals surface area contributed by atoms with Gasteiger partial charge in [-0.2, -0.15) is 0 Å². The molecule has 2 aliphatic rings. The summed E-state index contributed by atoms with van der Waals surface area (Å²) in [6, 6.07) is 1.59. The Morgan fingerprint density at radius 3 is 1.54 bits per heavy atom. The average Bonchev–Trinajstić information content (AvgIpc) is 2.76. The molecule has 0 aromatic carbocycles. The van der Waals surface area contributed by atoms with Gasteiger partial charge in [0.25, 0.3) is 0 Å². The van der Waals surface area contributed by atoms with Crippen molar-refractivity contribution < 1.29 is 0 Å². The van der Waals surface area contributed by atoms with Gasteiger partial charge in [0.15, 0.2) is 0 Å². The molecule has 0 spiro atoms. The molecule has 1 heteroatoms. The highest BCUT2D eigenvalue weighted by atomic mass is 28.3. The van der Waals surface area contributed by atoms with Crippen LogP contribution in [-0.4, -0.2) is 8.80 Å². The van der Waals surface area contributed by atoms with E-state index in [0.29, 0.717) is 0 Å². The second-order valence-electron chi connectivity index (χ2n) is 5.16. The molecule has 76 valence electrons. The summed E-state index contributed by atoms with van der Waals surface area (Å²) in [6.45, 7) is 2.48. The Hall–Kier alpha value is 0.217. The minimum absolute atomic E-state index is 0.318. The molecule has 0 aromatic rings. The Labute approximate surface area is 84.7 Å². The monoisotopic (exact) mass is 196 g/mol. The largest absolute Gasteiger partial charge is 0.0680 e. The predicted molar refractivity (Wildman–Crippen MR) is 62.1 cm³/mol. The van der Waals surface area contributed by atoms with Gasteiger partial charge in [-0.1, -0.05) is 64.3 Å². The molecule has 2 fully saturated rings. The third-order valence-corrected chi connectivity index (χ3v) is 9.18. The van der Waals surface area contributed by atoms with Gasteiger partial charge in [0.2, 0.25) is 0 Å². The molecule has 0 saturated heterocycles. The van der Waals surface area contributed by atoms with Gasteiger partial charge in [0.05, 0.1) is 0 Å². The fourth-order valence-corrected chi connectivity index (χ4v) is 8.58. The fraction of sp³-hybridized carbons (Fsp3) is 1.00. The van der Waals surface area contributed by atoms with Crippen LogP contribution in [0.5, 0.6) is 0 Å². The first kappa shape index (κ1) is 9.76. The number of hydrogen-bond donors (Lipinski definition) is 0. The van der Waals surface area contributed by atoms with E-state index in [4.69, 9.17) is 0 Å². The van der Waals surface area contributed by atoms with Crippen LogP contribution in [0.2, 0.25) is 17.1 Å². The molecule has 2 rings (SSSR count). The van der Waals surface area contributed by atoms with E-state index < -0.39 is 0 Å². The maximum absolute atomic E-state index is 2.48. The van der Waals surface area contributed by atoms with Crippen LogP contribution >= 0.6 is 0 Å². The summed E-state index contributed by atoms with van der Waals surface area (Å²) >= 11 is 0. The topological polar surface area (TPSA) is 0 Å². The Balaban J connectivity index is 1.90. The zero-order chi connectivity index (χ0) is 9.10. The molecule has 0 bridgehead atoms. The Morgan fingerprint density at radius 2 is 1.23 bits per heavy atom. The van der Waals surface area contributed by atoms with Crippen LogP contribution < -0.4 is 0 Å². The Kier molecular flexibility index (Phi) is 3.48. The molecule has 0 aliphatic heterocycles. The lowest BCUT2D eigenvalue weighted by Gasteiger charge is -2.26. The van der Waals surface area contributed by atoms with Gasteiger partial charge in [-0.15, -0.1) is 0 Å². The van der Waals surface area contributed by atoms with Crippen molar-refractivity contribution in [3.8, 4) is 0 Å². The van der Waals surface area contributed by atoms with E-state index in [0.717, 1.165) is 0 Å². The first-order chi connectivity index (χ1) is 6.42. The van der Waals surface area contributed by atoms with Crippen LogP contribution in [0, 0.1) is 0 Å². The van der Waals surface area contributed by atoms with Crippen molar-refractivity contribution in [3.63, 3.8) is 0 Å². The van der Waals surface area contributed by atoms with Crippen LogP contribution in [0.4, 0.5) is 0 Å². The van der Waals surface area contributed by atoms with Gasteiger partial charge >= 0.3 is 0 Å². The molecule has 0 radical (unpaired) electrons. The van der Waals surface area contributed by atoms with Crippen LogP contribution in [0.15, 0.2) is 0 Å². The summed E-state index contributed by atoms with van der Waals surface area (Å²) in [5.74, 6) is 0. The zero-order valence-electron chi connectivity index (χ0n) is 9.10. The fourth-order valence-electron chi connectivity index (χ4n) is 3.82. The standard InChI is InChI=1S/C12H24Si/c1-2-13(11-7-3-4-8-11)12-9-5-6-10-12/h11-13H,2-10H2,1H3. The van der Waals surface area contributed by atoms with Crippen LogP contribution in [0.1, 0.15) is 58.3 Å². The van der Waals surface area contributed by atoms with Crippen molar-refractivity contribution in [1.29, 1.82) is 0 Å².